The Morgan fingerprint density at radius 3 is 2.37 bits per heavy atom. The van der Waals surface area contributed by atoms with E-state index in [4.69, 9.17) is 0 Å². The Kier molecular flexibility index (Phi) is 5.78. The molecule has 2 aromatic carbocycles. The van der Waals surface area contributed by atoms with Crippen LogP contribution in [0.5, 0.6) is 5.75 Å². The van der Waals surface area contributed by atoms with Crippen molar-refractivity contribution in [3.05, 3.63) is 62.5 Å². The fraction of sp³-hybridized carbons (Fsp3) is 0.211. The SMILES string of the molecule is CC(C)(C)c1cc(C=C(C#N)S(=O)(=O)c2ccc(F)cc2F)cc(Br)c1O. The van der Waals surface area contributed by atoms with Crippen molar-refractivity contribution in [2.45, 2.75) is 31.1 Å². The van der Waals surface area contributed by atoms with Gasteiger partial charge >= 0.3 is 0 Å². The number of sulfone groups is 1. The molecule has 0 spiro atoms. The number of allylic oxidation sites excluding steroid dienone is 1. The zero-order chi connectivity index (χ0) is 20.6. The number of aromatic hydroxyl groups is 1. The molecule has 0 heterocycles. The fourth-order valence-electron chi connectivity index (χ4n) is 2.41. The summed E-state index contributed by atoms with van der Waals surface area (Å²) < 4.78 is 52.5. The summed E-state index contributed by atoms with van der Waals surface area (Å²) in [5, 5.41) is 19.5. The minimum Gasteiger partial charge on any atom is -0.506 e. The van der Waals surface area contributed by atoms with Crippen molar-refractivity contribution < 1.29 is 22.3 Å². The molecule has 0 aliphatic carbocycles. The zero-order valence-electron chi connectivity index (χ0n) is 14.7. The van der Waals surface area contributed by atoms with Gasteiger partial charge in [0.25, 0.3) is 0 Å². The lowest BCUT2D eigenvalue weighted by molar-refractivity contribution is 0.443. The van der Waals surface area contributed by atoms with Crippen LogP contribution in [0.15, 0.2) is 44.6 Å². The van der Waals surface area contributed by atoms with Crippen LogP contribution in [-0.4, -0.2) is 13.5 Å². The third kappa shape index (κ3) is 4.37. The number of hydrogen-bond acceptors (Lipinski definition) is 4. The highest BCUT2D eigenvalue weighted by Gasteiger charge is 2.26. The van der Waals surface area contributed by atoms with E-state index in [0.29, 0.717) is 21.7 Å². The van der Waals surface area contributed by atoms with E-state index in [1.165, 1.54) is 6.07 Å². The van der Waals surface area contributed by atoms with Crippen molar-refractivity contribution in [2.24, 2.45) is 0 Å². The number of phenols is 1. The zero-order valence-corrected chi connectivity index (χ0v) is 17.1. The Balaban J connectivity index is 2.66. The molecule has 0 saturated heterocycles. The van der Waals surface area contributed by atoms with Crippen LogP contribution in [0.3, 0.4) is 0 Å². The van der Waals surface area contributed by atoms with Crippen molar-refractivity contribution >= 4 is 31.8 Å². The number of hydrogen-bond donors (Lipinski definition) is 1. The van der Waals surface area contributed by atoms with Crippen molar-refractivity contribution in [1.29, 1.82) is 5.26 Å². The average molecular weight is 456 g/mol. The number of benzene rings is 2. The molecule has 142 valence electrons. The summed E-state index contributed by atoms with van der Waals surface area (Å²) in [6, 6.07) is 6.57. The summed E-state index contributed by atoms with van der Waals surface area (Å²) >= 11 is 3.20. The van der Waals surface area contributed by atoms with Crippen LogP contribution in [0, 0.1) is 23.0 Å². The Hall–Kier alpha value is -2.24. The molecule has 0 amide bonds. The molecular formula is C19H16BrF2NO3S. The summed E-state index contributed by atoms with van der Waals surface area (Å²) in [5.41, 5.74) is 0.406. The van der Waals surface area contributed by atoms with Gasteiger partial charge in [-0.25, -0.2) is 17.2 Å². The first kappa shape index (κ1) is 21.1. The molecule has 2 aromatic rings. The number of nitrogens with zero attached hydrogens (tertiary/aromatic N) is 1. The van der Waals surface area contributed by atoms with Gasteiger partial charge in [-0.1, -0.05) is 20.8 Å². The monoisotopic (exact) mass is 455 g/mol. The van der Waals surface area contributed by atoms with Crippen LogP contribution in [0.25, 0.3) is 6.08 Å². The Morgan fingerprint density at radius 1 is 1.22 bits per heavy atom. The van der Waals surface area contributed by atoms with Crippen LogP contribution < -0.4 is 0 Å². The van der Waals surface area contributed by atoms with Gasteiger partial charge in [-0.3, -0.25) is 0 Å². The second kappa shape index (κ2) is 7.41. The lowest BCUT2D eigenvalue weighted by Crippen LogP contribution is -2.12. The van der Waals surface area contributed by atoms with Gasteiger partial charge < -0.3 is 5.11 Å². The molecule has 0 unspecified atom stereocenters. The lowest BCUT2D eigenvalue weighted by Gasteiger charge is -2.21. The minimum atomic E-state index is -4.49. The van der Waals surface area contributed by atoms with E-state index in [1.807, 2.05) is 20.8 Å². The molecule has 0 saturated carbocycles. The molecule has 8 heteroatoms. The van der Waals surface area contributed by atoms with Crippen LogP contribution in [0.1, 0.15) is 31.9 Å². The predicted molar refractivity (Wildman–Crippen MR) is 102 cm³/mol. The molecule has 0 atom stereocenters. The molecule has 0 fully saturated rings. The Labute approximate surface area is 164 Å². The maximum absolute atomic E-state index is 13.9. The lowest BCUT2D eigenvalue weighted by atomic mass is 9.85. The second-order valence-electron chi connectivity index (χ2n) is 6.85. The third-order valence-electron chi connectivity index (χ3n) is 3.77. The van der Waals surface area contributed by atoms with E-state index in [1.54, 1.807) is 12.1 Å². The number of phenolic OH excluding ortho intramolecular Hbond substituents is 1. The molecule has 27 heavy (non-hydrogen) atoms. The molecule has 0 bridgehead atoms. The standard InChI is InChI=1S/C19H16BrF2NO3S/c1-19(2,3)14-7-11(8-15(20)18(14)24)6-13(10-23)27(25,26)17-5-4-12(21)9-16(17)22/h4-9,24H,1-3H3. The topological polar surface area (TPSA) is 78.2 Å². The third-order valence-corrected chi connectivity index (χ3v) is 6.08. The smallest absolute Gasteiger partial charge is 0.219 e. The van der Waals surface area contributed by atoms with Gasteiger partial charge in [0.15, 0.2) is 0 Å². The van der Waals surface area contributed by atoms with E-state index in [9.17, 15) is 27.6 Å². The van der Waals surface area contributed by atoms with Crippen molar-refractivity contribution in [2.75, 3.05) is 0 Å². The van der Waals surface area contributed by atoms with Crippen LogP contribution in [0.4, 0.5) is 8.78 Å². The summed E-state index contributed by atoms with van der Waals surface area (Å²) in [7, 11) is -4.49. The molecule has 0 radical (unpaired) electrons. The van der Waals surface area contributed by atoms with Crippen molar-refractivity contribution in [3.63, 3.8) is 0 Å². The predicted octanol–water partition coefficient (Wildman–Crippen LogP) is 5.07. The van der Waals surface area contributed by atoms with Crippen LogP contribution in [0.2, 0.25) is 0 Å². The highest BCUT2D eigenvalue weighted by atomic mass is 79.9. The first-order chi connectivity index (χ1) is 12.4. The molecule has 0 aromatic heterocycles. The van der Waals surface area contributed by atoms with Crippen LogP contribution in [-0.2, 0) is 15.3 Å². The van der Waals surface area contributed by atoms with Gasteiger partial charge in [-0.05, 0) is 57.2 Å². The maximum atomic E-state index is 13.9. The largest absolute Gasteiger partial charge is 0.506 e. The summed E-state index contributed by atoms with van der Waals surface area (Å²) in [6.07, 6.45) is 1.08. The van der Waals surface area contributed by atoms with E-state index >= 15 is 0 Å². The molecular weight excluding hydrogens is 440 g/mol. The van der Waals surface area contributed by atoms with Gasteiger partial charge in [-0.2, -0.15) is 5.26 Å². The van der Waals surface area contributed by atoms with Crippen molar-refractivity contribution in [3.8, 4) is 11.8 Å². The average Bonchev–Trinajstić information content (AvgIpc) is 2.53. The second-order valence-corrected chi connectivity index (χ2v) is 9.59. The van der Waals surface area contributed by atoms with Gasteiger partial charge in [0.2, 0.25) is 9.84 Å². The summed E-state index contributed by atoms with van der Waals surface area (Å²) in [5.74, 6) is -2.20. The van der Waals surface area contributed by atoms with E-state index in [2.05, 4.69) is 15.9 Å². The number of rotatable bonds is 3. The highest BCUT2D eigenvalue weighted by molar-refractivity contribution is 9.10. The van der Waals surface area contributed by atoms with Gasteiger partial charge in [0.1, 0.15) is 33.3 Å². The minimum absolute atomic E-state index is 0.00518. The van der Waals surface area contributed by atoms with Gasteiger partial charge in [-0.15, -0.1) is 0 Å². The Morgan fingerprint density at radius 2 is 1.85 bits per heavy atom. The molecule has 4 nitrogen and oxygen atoms in total. The van der Waals surface area contributed by atoms with Crippen molar-refractivity contribution in [1.82, 2.24) is 0 Å². The molecule has 2 rings (SSSR count). The number of halogens is 3. The maximum Gasteiger partial charge on any atom is 0.219 e. The first-order valence-corrected chi connectivity index (χ1v) is 10.0. The molecule has 0 aliphatic rings. The van der Waals surface area contributed by atoms with E-state index in [-0.39, 0.29) is 5.75 Å². The van der Waals surface area contributed by atoms with Gasteiger partial charge in [0.05, 0.1) is 4.47 Å². The fourth-order valence-corrected chi connectivity index (χ4v) is 4.10. The normalized spacial score (nSPS) is 12.7. The van der Waals surface area contributed by atoms with E-state index in [0.717, 1.165) is 18.2 Å². The first-order valence-electron chi connectivity index (χ1n) is 7.73. The summed E-state index contributed by atoms with van der Waals surface area (Å²) in [4.78, 5) is -1.49. The molecule has 1 N–H and O–H groups in total. The molecule has 0 aliphatic heterocycles. The van der Waals surface area contributed by atoms with Crippen LogP contribution >= 0.6 is 15.9 Å². The van der Waals surface area contributed by atoms with Gasteiger partial charge in [0, 0.05) is 11.6 Å². The van der Waals surface area contributed by atoms with E-state index < -0.39 is 36.7 Å². The number of nitriles is 1. The Bertz CT molecular complexity index is 1080. The highest BCUT2D eigenvalue weighted by Crippen LogP contribution is 2.38. The summed E-state index contributed by atoms with van der Waals surface area (Å²) in [6.45, 7) is 5.58. The quantitative estimate of drug-likeness (QED) is 0.517.